The molecule has 0 bridgehead atoms. The molecule has 0 aliphatic heterocycles. The van der Waals surface area contributed by atoms with Crippen LogP contribution in [0.2, 0.25) is 0 Å². The SMILES string of the molecule is N#[N+]c1ccc(S(=O)(=O)N=[N+]=N)cc1. The lowest BCUT2D eigenvalue weighted by Crippen LogP contribution is -1.95. The first kappa shape index (κ1) is 9.98. The molecule has 1 rings (SSSR count). The highest BCUT2D eigenvalue weighted by atomic mass is 32.2. The maximum Gasteiger partial charge on any atom is 0.385 e. The molecule has 0 spiro atoms. The average Bonchev–Trinajstić information content (AvgIpc) is 2.18. The van der Waals surface area contributed by atoms with Crippen LogP contribution in [0.15, 0.2) is 33.7 Å². The third kappa shape index (κ3) is 1.98. The lowest BCUT2D eigenvalue weighted by atomic mass is 10.3. The van der Waals surface area contributed by atoms with Crippen molar-refractivity contribution in [2.45, 2.75) is 4.90 Å². The minimum atomic E-state index is -3.89. The van der Waals surface area contributed by atoms with Gasteiger partial charge in [-0.1, -0.05) is 0 Å². The summed E-state index contributed by atoms with van der Waals surface area (Å²) in [5.74, 6) is 0. The highest BCUT2D eigenvalue weighted by molar-refractivity contribution is 7.90. The Kier molecular flexibility index (Phi) is 2.67. The number of nitrogens with one attached hydrogen (secondary N) is 1. The highest BCUT2D eigenvalue weighted by Crippen LogP contribution is 2.17. The maximum atomic E-state index is 11.2. The molecular formula is C6H5N5O2S+2. The van der Waals surface area contributed by atoms with Crippen LogP contribution in [0.25, 0.3) is 4.98 Å². The molecule has 0 aromatic heterocycles. The molecule has 0 amide bonds. The van der Waals surface area contributed by atoms with Crippen LogP contribution >= 0.6 is 0 Å². The molecule has 0 radical (unpaired) electrons. The molecule has 0 aliphatic rings. The summed E-state index contributed by atoms with van der Waals surface area (Å²) < 4.78 is 25.1. The second-order valence-corrected chi connectivity index (χ2v) is 3.84. The van der Waals surface area contributed by atoms with Crippen molar-refractivity contribution in [1.29, 1.82) is 10.9 Å². The van der Waals surface area contributed by atoms with Gasteiger partial charge in [-0.05, 0) is 12.1 Å². The van der Waals surface area contributed by atoms with Gasteiger partial charge in [0, 0.05) is 12.1 Å². The molecule has 7 nitrogen and oxygen atoms in total. The van der Waals surface area contributed by atoms with E-state index in [-0.39, 0.29) is 10.6 Å². The second kappa shape index (κ2) is 3.74. The molecule has 0 unspecified atom stereocenters. The van der Waals surface area contributed by atoms with Crippen LogP contribution in [0.4, 0.5) is 5.69 Å². The molecule has 0 atom stereocenters. The molecule has 1 N–H and O–H groups in total. The zero-order valence-corrected chi connectivity index (χ0v) is 7.64. The molecular weight excluding hydrogens is 206 g/mol. The summed E-state index contributed by atoms with van der Waals surface area (Å²) in [5, 5.41) is 8.34. The normalized spacial score (nSPS) is 9.93. The molecule has 1 aromatic carbocycles. The average molecular weight is 211 g/mol. The summed E-state index contributed by atoms with van der Waals surface area (Å²) in [6.45, 7) is 0. The Bertz CT molecular complexity index is 520. The van der Waals surface area contributed by atoms with E-state index in [9.17, 15) is 8.42 Å². The monoisotopic (exact) mass is 211 g/mol. The molecule has 0 aliphatic carbocycles. The Morgan fingerprint density at radius 1 is 1.29 bits per heavy atom. The van der Waals surface area contributed by atoms with Crippen molar-refractivity contribution in [3.05, 3.63) is 29.2 Å². The second-order valence-electron chi connectivity index (χ2n) is 2.25. The predicted octanol–water partition coefficient (Wildman–Crippen LogP) is 1.41. The van der Waals surface area contributed by atoms with E-state index in [1.807, 2.05) is 0 Å². The molecule has 0 saturated heterocycles. The number of nitrogens with zero attached hydrogens (tertiary/aromatic N) is 4. The predicted molar refractivity (Wildman–Crippen MR) is 45.7 cm³/mol. The van der Waals surface area contributed by atoms with E-state index >= 15 is 0 Å². The van der Waals surface area contributed by atoms with Crippen LogP contribution in [0.1, 0.15) is 0 Å². The van der Waals surface area contributed by atoms with Gasteiger partial charge < -0.3 is 0 Å². The summed E-state index contributed by atoms with van der Waals surface area (Å²) in [4.78, 5) is 5.18. The Labute approximate surface area is 79.3 Å². The number of benzene rings is 1. The van der Waals surface area contributed by atoms with Gasteiger partial charge in [0.2, 0.25) is 10.3 Å². The molecule has 70 valence electrons. The number of hydrogen-bond donors (Lipinski definition) is 1. The van der Waals surface area contributed by atoms with Crippen molar-refractivity contribution in [2.24, 2.45) is 4.52 Å². The fourth-order valence-corrected chi connectivity index (χ4v) is 1.47. The summed E-state index contributed by atoms with van der Waals surface area (Å²) in [6, 6.07) is 5.01. The van der Waals surface area contributed by atoms with Crippen molar-refractivity contribution >= 4 is 15.7 Å². The Hall–Kier alpha value is -2.10. The van der Waals surface area contributed by atoms with Gasteiger partial charge in [-0.15, -0.1) is 0 Å². The summed E-state index contributed by atoms with van der Waals surface area (Å²) in [6.07, 6.45) is 0. The van der Waals surface area contributed by atoms with Crippen molar-refractivity contribution in [2.75, 3.05) is 0 Å². The summed E-state index contributed by atoms with van der Waals surface area (Å²) in [5.41, 5.74) is 6.54. The van der Waals surface area contributed by atoms with Crippen LogP contribution in [0.3, 0.4) is 0 Å². The first-order chi connectivity index (χ1) is 6.60. The first-order valence-electron chi connectivity index (χ1n) is 3.39. The van der Waals surface area contributed by atoms with Gasteiger partial charge in [0.15, 0.2) is 4.98 Å². The lowest BCUT2D eigenvalue weighted by Gasteiger charge is -1.87. The van der Waals surface area contributed by atoms with E-state index in [0.717, 1.165) is 0 Å². The van der Waals surface area contributed by atoms with Crippen LogP contribution in [0, 0.1) is 10.9 Å². The number of rotatable bonds is 2. The van der Waals surface area contributed by atoms with Crippen molar-refractivity contribution < 1.29 is 8.42 Å². The molecule has 8 heteroatoms. The van der Waals surface area contributed by atoms with E-state index < -0.39 is 10.0 Å². The highest BCUT2D eigenvalue weighted by Gasteiger charge is 2.19. The van der Waals surface area contributed by atoms with Gasteiger partial charge in [-0.25, -0.2) is 0 Å². The van der Waals surface area contributed by atoms with Crippen LogP contribution < -0.4 is 4.91 Å². The Balaban J connectivity index is 3.24. The fraction of sp³-hybridized carbons (Fsp3) is 0. The van der Waals surface area contributed by atoms with Crippen LogP contribution in [-0.4, -0.2) is 8.42 Å². The molecule has 0 heterocycles. The van der Waals surface area contributed by atoms with E-state index in [1.165, 1.54) is 24.3 Å². The quantitative estimate of drug-likeness (QED) is 0.453. The van der Waals surface area contributed by atoms with Gasteiger partial charge >= 0.3 is 15.7 Å². The van der Waals surface area contributed by atoms with E-state index in [4.69, 9.17) is 10.9 Å². The van der Waals surface area contributed by atoms with Crippen molar-refractivity contribution in [3.8, 4) is 0 Å². The van der Waals surface area contributed by atoms with Gasteiger partial charge in [0.05, 0.1) is 4.90 Å². The summed E-state index contributed by atoms with van der Waals surface area (Å²) in [7, 11) is -3.89. The molecule has 14 heavy (non-hydrogen) atoms. The molecule has 0 saturated carbocycles. The van der Waals surface area contributed by atoms with E-state index in [2.05, 4.69) is 14.4 Å². The minimum absolute atomic E-state index is 0.110. The topological polar surface area (TPSA) is 113 Å². The third-order valence-corrected chi connectivity index (χ3v) is 2.56. The van der Waals surface area contributed by atoms with Crippen LogP contribution in [0.5, 0.6) is 0 Å². The van der Waals surface area contributed by atoms with Crippen molar-refractivity contribution in [3.63, 3.8) is 0 Å². The smallest absolute Gasteiger partial charge is 0.193 e. The number of sulfonamides is 1. The Morgan fingerprint density at radius 2 is 1.86 bits per heavy atom. The van der Waals surface area contributed by atoms with Gasteiger partial charge in [0.25, 0.3) is 4.52 Å². The zero-order valence-electron chi connectivity index (χ0n) is 6.82. The molecule has 0 fully saturated rings. The van der Waals surface area contributed by atoms with Gasteiger partial charge in [0.1, 0.15) is 5.53 Å². The largest absolute Gasteiger partial charge is 0.385 e. The maximum absolute atomic E-state index is 11.2. The first-order valence-corrected chi connectivity index (χ1v) is 4.83. The van der Waals surface area contributed by atoms with E-state index in [0.29, 0.717) is 0 Å². The molecule has 1 aromatic rings. The summed E-state index contributed by atoms with van der Waals surface area (Å²) >= 11 is 0. The minimum Gasteiger partial charge on any atom is -0.193 e. The standard InChI is InChI=1S/C6H5N5O2S/c7-9-5-1-3-6(4-2-5)14(12,13)11-10-8/h1-4,8H/q+2. The van der Waals surface area contributed by atoms with E-state index in [1.54, 1.807) is 0 Å². The van der Waals surface area contributed by atoms with Crippen LogP contribution in [-0.2, 0) is 10.0 Å². The number of diazo groups is 1. The third-order valence-electron chi connectivity index (χ3n) is 1.40. The van der Waals surface area contributed by atoms with Gasteiger partial charge in [-0.2, -0.15) is 8.42 Å². The zero-order chi connectivity index (χ0) is 10.6. The van der Waals surface area contributed by atoms with Gasteiger partial charge in [-0.3, -0.25) is 0 Å². The fourth-order valence-electron chi connectivity index (χ4n) is 0.786. The van der Waals surface area contributed by atoms with Crippen molar-refractivity contribution in [1.82, 2.24) is 4.91 Å². The Morgan fingerprint density at radius 3 is 2.29 bits per heavy atom. The lowest BCUT2D eigenvalue weighted by molar-refractivity contribution is 0.594. The number of hydrogen-bond acceptors (Lipinski definition) is 4.